The minimum absolute atomic E-state index is 0.334. The Hall–Kier alpha value is -1.59. The second-order valence-electron chi connectivity index (χ2n) is 5.78. The summed E-state index contributed by atoms with van der Waals surface area (Å²) < 4.78 is 0. The number of carbonyl (C=O) groups is 2. The van der Waals surface area contributed by atoms with Crippen LogP contribution in [0.5, 0.6) is 0 Å². The molecule has 1 rings (SSSR count). The quantitative estimate of drug-likeness (QED) is 0.845. The number of hydrogen-bond donors (Lipinski definition) is 2. The molecule has 22 heavy (non-hydrogen) atoms. The van der Waals surface area contributed by atoms with E-state index in [0.717, 1.165) is 5.56 Å². The molecule has 3 amide bonds. The Labute approximate surface area is 137 Å². The minimum atomic E-state index is -0.461. The van der Waals surface area contributed by atoms with E-state index in [-0.39, 0.29) is 5.91 Å². The summed E-state index contributed by atoms with van der Waals surface area (Å²) in [4.78, 5) is 25.5. The highest BCUT2D eigenvalue weighted by molar-refractivity contribution is 6.31. The first kappa shape index (κ1) is 18.5. The SMILES string of the molecule is CC(C)CNC(=O)NC(=O)[C@H](C)N(C)Cc1ccccc1Cl. The predicted octanol–water partition coefficient (Wildman–Crippen LogP) is 2.64. The van der Waals surface area contributed by atoms with Crippen LogP contribution < -0.4 is 10.6 Å². The summed E-state index contributed by atoms with van der Waals surface area (Å²) in [5.41, 5.74) is 0.940. The first-order valence-corrected chi connectivity index (χ1v) is 7.71. The number of nitrogens with zero attached hydrogens (tertiary/aromatic N) is 1. The molecule has 1 aromatic rings. The zero-order chi connectivity index (χ0) is 16.7. The van der Waals surface area contributed by atoms with Gasteiger partial charge in [0, 0.05) is 18.1 Å². The maximum Gasteiger partial charge on any atom is 0.321 e. The highest BCUT2D eigenvalue weighted by Crippen LogP contribution is 2.17. The Morgan fingerprint density at radius 2 is 1.86 bits per heavy atom. The topological polar surface area (TPSA) is 61.4 Å². The third kappa shape index (κ3) is 6.03. The summed E-state index contributed by atoms with van der Waals surface area (Å²) in [5.74, 6) is -0.00280. The Morgan fingerprint density at radius 1 is 1.23 bits per heavy atom. The number of imide groups is 1. The van der Waals surface area contributed by atoms with Crippen LogP contribution in [0.25, 0.3) is 0 Å². The highest BCUT2D eigenvalue weighted by atomic mass is 35.5. The van der Waals surface area contributed by atoms with Gasteiger partial charge in [0.2, 0.25) is 5.91 Å². The lowest BCUT2D eigenvalue weighted by Gasteiger charge is -2.24. The lowest BCUT2D eigenvalue weighted by atomic mass is 10.2. The van der Waals surface area contributed by atoms with Crippen molar-refractivity contribution in [3.8, 4) is 0 Å². The molecule has 0 radical (unpaired) electrons. The van der Waals surface area contributed by atoms with Crippen molar-refractivity contribution < 1.29 is 9.59 Å². The minimum Gasteiger partial charge on any atom is -0.338 e. The van der Waals surface area contributed by atoms with Gasteiger partial charge in [0.25, 0.3) is 0 Å². The fourth-order valence-corrected chi connectivity index (χ4v) is 1.99. The van der Waals surface area contributed by atoms with E-state index in [0.29, 0.717) is 24.0 Å². The van der Waals surface area contributed by atoms with Crippen molar-refractivity contribution in [2.75, 3.05) is 13.6 Å². The number of hydrogen-bond acceptors (Lipinski definition) is 3. The Bertz CT molecular complexity index is 520. The first-order chi connectivity index (χ1) is 10.3. The van der Waals surface area contributed by atoms with Gasteiger partial charge in [-0.05, 0) is 31.5 Å². The molecule has 0 saturated heterocycles. The molecule has 0 bridgehead atoms. The third-order valence-electron chi connectivity index (χ3n) is 3.33. The lowest BCUT2D eigenvalue weighted by Crippen LogP contribution is -2.48. The molecule has 0 saturated carbocycles. The van der Waals surface area contributed by atoms with Crippen LogP contribution in [0.2, 0.25) is 5.02 Å². The zero-order valence-corrected chi connectivity index (χ0v) is 14.3. The van der Waals surface area contributed by atoms with Crippen molar-refractivity contribution in [3.05, 3.63) is 34.9 Å². The van der Waals surface area contributed by atoms with E-state index in [1.165, 1.54) is 0 Å². The fourth-order valence-electron chi connectivity index (χ4n) is 1.79. The van der Waals surface area contributed by atoms with Crippen molar-refractivity contribution in [2.45, 2.75) is 33.4 Å². The Morgan fingerprint density at radius 3 is 2.45 bits per heavy atom. The number of urea groups is 1. The average Bonchev–Trinajstić information content (AvgIpc) is 2.46. The van der Waals surface area contributed by atoms with Gasteiger partial charge in [-0.1, -0.05) is 43.6 Å². The van der Waals surface area contributed by atoms with Gasteiger partial charge in [0.05, 0.1) is 6.04 Å². The van der Waals surface area contributed by atoms with Crippen molar-refractivity contribution in [2.24, 2.45) is 5.92 Å². The summed E-state index contributed by atoms with van der Waals surface area (Å²) in [6.45, 7) is 6.79. The molecule has 0 unspecified atom stereocenters. The largest absolute Gasteiger partial charge is 0.338 e. The van der Waals surface area contributed by atoms with Crippen molar-refractivity contribution in [3.63, 3.8) is 0 Å². The molecule has 0 aromatic heterocycles. The molecule has 2 N–H and O–H groups in total. The van der Waals surface area contributed by atoms with E-state index in [4.69, 9.17) is 11.6 Å². The molecule has 6 heteroatoms. The number of nitrogens with one attached hydrogen (secondary N) is 2. The molecule has 0 heterocycles. The lowest BCUT2D eigenvalue weighted by molar-refractivity contribution is -0.124. The highest BCUT2D eigenvalue weighted by Gasteiger charge is 2.20. The second kappa shape index (κ2) is 8.76. The summed E-state index contributed by atoms with van der Waals surface area (Å²) >= 11 is 6.12. The molecule has 0 aliphatic heterocycles. The average molecular weight is 326 g/mol. The van der Waals surface area contributed by atoms with E-state index >= 15 is 0 Å². The molecular weight excluding hydrogens is 302 g/mol. The molecule has 1 aromatic carbocycles. The zero-order valence-electron chi connectivity index (χ0n) is 13.5. The molecular formula is C16H24ClN3O2. The molecule has 122 valence electrons. The van der Waals surface area contributed by atoms with Gasteiger partial charge in [-0.25, -0.2) is 4.79 Å². The van der Waals surface area contributed by atoms with Gasteiger partial charge in [0.15, 0.2) is 0 Å². The van der Waals surface area contributed by atoms with Gasteiger partial charge in [-0.2, -0.15) is 0 Å². The molecule has 5 nitrogen and oxygen atoms in total. The first-order valence-electron chi connectivity index (χ1n) is 7.33. The van der Waals surface area contributed by atoms with Gasteiger partial charge < -0.3 is 5.32 Å². The number of halogens is 1. The van der Waals surface area contributed by atoms with Crippen molar-refractivity contribution in [1.82, 2.24) is 15.5 Å². The van der Waals surface area contributed by atoms with Crippen LogP contribution in [-0.4, -0.2) is 36.5 Å². The van der Waals surface area contributed by atoms with Crippen LogP contribution in [0.4, 0.5) is 4.79 Å². The Balaban J connectivity index is 2.52. The van der Waals surface area contributed by atoms with Crippen LogP contribution in [0.1, 0.15) is 26.3 Å². The standard InChI is InChI=1S/C16H24ClN3O2/c1-11(2)9-18-16(22)19-15(21)12(3)20(4)10-13-7-5-6-8-14(13)17/h5-8,11-12H,9-10H2,1-4H3,(H2,18,19,21,22)/t12-/m0/s1. The second-order valence-corrected chi connectivity index (χ2v) is 6.18. The van der Waals surface area contributed by atoms with Crippen molar-refractivity contribution in [1.29, 1.82) is 0 Å². The van der Waals surface area contributed by atoms with E-state index in [1.807, 2.05) is 50.1 Å². The van der Waals surface area contributed by atoms with Gasteiger partial charge >= 0.3 is 6.03 Å². The molecule has 0 spiro atoms. The number of rotatable bonds is 6. The van der Waals surface area contributed by atoms with Crippen LogP contribution in [0, 0.1) is 5.92 Å². The third-order valence-corrected chi connectivity index (χ3v) is 3.69. The van der Waals surface area contributed by atoms with E-state index in [9.17, 15) is 9.59 Å². The van der Waals surface area contributed by atoms with Gasteiger partial charge in [0.1, 0.15) is 0 Å². The summed E-state index contributed by atoms with van der Waals surface area (Å²) in [5, 5.41) is 5.67. The monoisotopic (exact) mass is 325 g/mol. The number of carbonyl (C=O) groups excluding carboxylic acids is 2. The van der Waals surface area contributed by atoms with E-state index in [1.54, 1.807) is 6.92 Å². The summed E-state index contributed by atoms with van der Waals surface area (Å²) in [7, 11) is 1.82. The smallest absolute Gasteiger partial charge is 0.321 e. The summed E-state index contributed by atoms with van der Waals surface area (Å²) in [6, 6.07) is 6.59. The van der Waals surface area contributed by atoms with Gasteiger partial charge in [-0.15, -0.1) is 0 Å². The molecule has 0 aliphatic carbocycles. The molecule has 0 fully saturated rings. The van der Waals surface area contributed by atoms with Crippen LogP contribution in [0.15, 0.2) is 24.3 Å². The van der Waals surface area contributed by atoms with E-state index in [2.05, 4.69) is 10.6 Å². The van der Waals surface area contributed by atoms with Crippen LogP contribution in [0.3, 0.4) is 0 Å². The number of benzene rings is 1. The van der Waals surface area contributed by atoms with Crippen LogP contribution in [-0.2, 0) is 11.3 Å². The maximum atomic E-state index is 12.1. The number of amides is 3. The van der Waals surface area contributed by atoms with Gasteiger partial charge in [-0.3, -0.25) is 15.0 Å². The Kier molecular flexibility index (Phi) is 7.35. The normalized spacial score (nSPS) is 12.3. The fraction of sp³-hybridized carbons (Fsp3) is 0.500. The van der Waals surface area contributed by atoms with E-state index < -0.39 is 12.1 Å². The van der Waals surface area contributed by atoms with Crippen molar-refractivity contribution >= 4 is 23.5 Å². The maximum absolute atomic E-state index is 12.1. The van der Waals surface area contributed by atoms with Crippen LogP contribution >= 0.6 is 11.6 Å². The molecule has 1 atom stereocenters. The molecule has 0 aliphatic rings. The predicted molar refractivity (Wildman–Crippen MR) is 88.8 cm³/mol. The number of likely N-dealkylation sites (N-methyl/N-ethyl adjacent to an activating group) is 1. The summed E-state index contributed by atoms with van der Waals surface area (Å²) in [6.07, 6.45) is 0.